The summed E-state index contributed by atoms with van der Waals surface area (Å²) in [5.74, 6) is 2.63. The van der Waals surface area contributed by atoms with Crippen molar-refractivity contribution in [3.05, 3.63) is 52.6 Å². The Labute approximate surface area is 185 Å². The Morgan fingerprint density at radius 3 is 2.55 bits per heavy atom. The van der Waals surface area contributed by atoms with Gasteiger partial charge in [-0.1, -0.05) is 12.1 Å². The lowest BCUT2D eigenvalue weighted by molar-refractivity contribution is -0.0204. The van der Waals surface area contributed by atoms with Crippen LogP contribution in [0.5, 0.6) is 17.2 Å². The van der Waals surface area contributed by atoms with Gasteiger partial charge in [-0.3, -0.25) is 4.90 Å². The van der Waals surface area contributed by atoms with Crippen molar-refractivity contribution in [1.82, 2.24) is 9.80 Å². The molecule has 4 rings (SSSR count). The Morgan fingerprint density at radius 1 is 1.06 bits per heavy atom. The number of fused-ring (bicyclic) bond motifs is 1. The molecule has 168 valence electrons. The summed E-state index contributed by atoms with van der Waals surface area (Å²) in [4.78, 5) is 4.64. The van der Waals surface area contributed by atoms with Crippen molar-refractivity contribution < 1.29 is 19.3 Å². The predicted molar refractivity (Wildman–Crippen MR) is 121 cm³/mol. The van der Waals surface area contributed by atoms with E-state index >= 15 is 0 Å². The zero-order chi connectivity index (χ0) is 22.0. The Kier molecular flexibility index (Phi) is 6.42. The molecule has 6 nitrogen and oxygen atoms in total. The lowest BCUT2D eigenvalue weighted by Crippen LogP contribution is -2.40. The summed E-state index contributed by atoms with van der Waals surface area (Å²) in [7, 11) is 5.50. The highest BCUT2D eigenvalue weighted by molar-refractivity contribution is 5.49. The summed E-state index contributed by atoms with van der Waals surface area (Å²) in [5.41, 5.74) is 3.53. The van der Waals surface area contributed by atoms with E-state index in [1.54, 1.807) is 14.2 Å². The lowest BCUT2D eigenvalue weighted by Gasteiger charge is -2.37. The van der Waals surface area contributed by atoms with Crippen molar-refractivity contribution in [3.63, 3.8) is 0 Å². The number of hydrogen-bond donors (Lipinski definition) is 1. The van der Waals surface area contributed by atoms with Gasteiger partial charge in [0.1, 0.15) is 23.9 Å². The second-order valence-corrected chi connectivity index (χ2v) is 8.80. The molecule has 31 heavy (non-hydrogen) atoms. The van der Waals surface area contributed by atoms with Crippen molar-refractivity contribution >= 4 is 0 Å². The summed E-state index contributed by atoms with van der Waals surface area (Å²) in [6.07, 6.45) is 1.52. The molecule has 0 spiro atoms. The van der Waals surface area contributed by atoms with Gasteiger partial charge in [-0.05, 0) is 50.6 Å². The predicted octanol–water partition coefficient (Wildman–Crippen LogP) is 3.32. The van der Waals surface area contributed by atoms with E-state index in [-0.39, 0.29) is 0 Å². The van der Waals surface area contributed by atoms with Crippen LogP contribution in [0.15, 0.2) is 30.3 Å². The number of aliphatic hydroxyl groups is 1. The van der Waals surface area contributed by atoms with Crippen molar-refractivity contribution in [2.24, 2.45) is 0 Å². The van der Waals surface area contributed by atoms with Gasteiger partial charge in [-0.25, -0.2) is 0 Å². The van der Waals surface area contributed by atoms with Crippen LogP contribution >= 0.6 is 0 Å². The number of ether oxygens (including phenoxy) is 3. The zero-order valence-electron chi connectivity index (χ0n) is 19.1. The van der Waals surface area contributed by atoms with Crippen molar-refractivity contribution in [2.75, 3.05) is 47.5 Å². The molecule has 0 unspecified atom stereocenters. The number of likely N-dealkylation sites (tertiary alicyclic amines) is 1. The van der Waals surface area contributed by atoms with Gasteiger partial charge in [0, 0.05) is 49.4 Å². The molecule has 6 heteroatoms. The smallest absolute Gasteiger partial charge is 0.129 e. The van der Waals surface area contributed by atoms with E-state index in [0.29, 0.717) is 6.61 Å². The molecule has 0 amide bonds. The fraction of sp³-hybridized carbons (Fsp3) is 0.520. The summed E-state index contributed by atoms with van der Waals surface area (Å²) < 4.78 is 17.2. The van der Waals surface area contributed by atoms with Crippen molar-refractivity contribution in [2.45, 2.75) is 38.5 Å². The molecule has 0 aliphatic carbocycles. The standard InChI is InChI=1S/C25H34N2O4/c1-18-22(29-3)7-5-19(24(18)30-4)16-27-13-14-31-23-8-6-21(15-20(23)17-27)25(28)9-11-26(2)12-10-25/h5-8,15,28H,9-14,16-17H2,1-4H3. The second kappa shape index (κ2) is 9.07. The van der Waals surface area contributed by atoms with E-state index in [1.807, 2.05) is 25.1 Å². The van der Waals surface area contributed by atoms with Gasteiger partial charge in [0.05, 0.1) is 19.8 Å². The van der Waals surface area contributed by atoms with Gasteiger partial charge in [0.25, 0.3) is 0 Å². The van der Waals surface area contributed by atoms with Crippen LogP contribution in [-0.4, -0.2) is 62.4 Å². The minimum absolute atomic E-state index is 0.638. The normalized spacial score (nSPS) is 19.3. The molecule has 2 aliphatic rings. The van der Waals surface area contributed by atoms with Crippen LogP contribution in [0, 0.1) is 6.92 Å². The largest absolute Gasteiger partial charge is 0.496 e. The first-order valence-electron chi connectivity index (χ1n) is 11.0. The molecule has 0 radical (unpaired) electrons. The van der Waals surface area contributed by atoms with Crippen LogP contribution in [0.4, 0.5) is 0 Å². The molecule has 0 saturated carbocycles. The molecular weight excluding hydrogens is 392 g/mol. The molecule has 2 aliphatic heterocycles. The Morgan fingerprint density at radius 2 is 1.84 bits per heavy atom. The summed E-state index contributed by atoms with van der Waals surface area (Å²) in [6.45, 7) is 6.84. The Hall–Kier alpha value is -2.28. The van der Waals surface area contributed by atoms with Crippen LogP contribution in [0.1, 0.15) is 35.1 Å². The molecule has 1 fully saturated rings. The molecule has 1 N–H and O–H groups in total. The van der Waals surface area contributed by atoms with E-state index in [9.17, 15) is 5.11 Å². The molecule has 2 aromatic carbocycles. The summed E-state index contributed by atoms with van der Waals surface area (Å²) >= 11 is 0. The average molecular weight is 427 g/mol. The number of benzene rings is 2. The van der Waals surface area contributed by atoms with Gasteiger partial charge in [-0.2, -0.15) is 0 Å². The van der Waals surface area contributed by atoms with Crippen LogP contribution in [0.3, 0.4) is 0 Å². The van der Waals surface area contributed by atoms with Crippen molar-refractivity contribution in [1.29, 1.82) is 0 Å². The summed E-state index contributed by atoms with van der Waals surface area (Å²) in [5, 5.41) is 11.3. The molecule has 0 aromatic heterocycles. The van der Waals surface area contributed by atoms with Gasteiger partial charge < -0.3 is 24.2 Å². The minimum Gasteiger partial charge on any atom is -0.496 e. The molecular formula is C25H34N2O4. The van der Waals surface area contributed by atoms with Crippen LogP contribution < -0.4 is 14.2 Å². The minimum atomic E-state index is -0.755. The third kappa shape index (κ3) is 4.52. The first-order valence-corrected chi connectivity index (χ1v) is 11.0. The molecule has 0 atom stereocenters. The van der Waals surface area contributed by atoms with Gasteiger partial charge in [0.15, 0.2) is 0 Å². The van der Waals surface area contributed by atoms with E-state index < -0.39 is 5.60 Å². The first-order chi connectivity index (χ1) is 14.9. The van der Waals surface area contributed by atoms with Crippen LogP contribution in [0.2, 0.25) is 0 Å². The van der Waals surface area contributed by atoms with E-state index in [4.69, 9.17) is 14.2 Å². The highest BCUT2D eigenvalue weighted by atomic mass is 16.5. The lowest BCUT2D eigenvalue weighted by atomic mass is 9.84. The zero-order valence-corrected chi connectivity index (χ0v) is 19.1. The Balaban J connectivity index is 1.56. The maximum absolute atomic E-state index is 11.3. The molecule has 1 saturated heterocycles. The molecule has 0 bridgehead atoms. The SMILES string of the molecule is COc1ccc(CN2CCOc3ccc(C4(O)CCN(C)CC4)cc3C2)c(OC)c1C. The van der Waals surface area contributed by atoms with E-state index in [0.717, 1.165) is 85.1 Å². The van der Waals surface area contributed by atoms with E-state index in [1.165, 1.54) is 0 Å². The molecule has 2 heterocycles. The van der Waals surface area contributed by atoms with E-state index in [2.05, 4.69) is 29.0 Å². The number of methoxy groups -OCH3 is 2. The second-order valence-electron chi connectivity index (χ2n) is 8.80. The third-order valence-electron chi connectivity index (χ3n) is 6.73. The monoisotopic (exact) mass is 426 g/mol. The fourth-order valence-electron chi connectivity index (χ4n) is 4.75. The first kappa shape index (κ1) is 21.9. The number of rotatable bonds is 5. The van der Waals surface area contributed by atoms with Crippen LogP contribution in [0.25, 0.3) is 0 Å². The quantitative estimate of drug-likeness (QED) is 0.792. The summed E-state index contributed by atoms with van der Waals surface area (Å²) in [6, 6.07) is 10.3. The highest BCUT2D eigenvalue weighted by Gasteiger charge is 2.33. The van der Waals surface area contributed by atoms with Gasteiger partial charge >= 0.3 is 0 Å². The Bertz CT molecular complexity index is 922. The van der Waals surface area contributed by atoms with Crippen LogP contribution in [-0.2, 0) is 18.7 Å². The van der Waals surface area contributed by atoms with Gasteiger partial charge in [0.2, 0.25) is 0 Å². The number of hydrogen-bond acceptors (Lipinski definition) is 6. The average Bonchev–Trinajstić information content (AvgIpc) is 2.97. The van der Waals surface area contributed by atoms with Crippen molar-refractivity contribution in [3.8, 4) is 17.2 Å². The number of piperidine rings is 1. The highest BCUT2D eigenvalue weighted by Crippen LogP contribution is 2.37. The molecule has 2 aromatic rings. The number of nitrogens with zero attached hydrogens (tertiary/aromatic N) is 2. The third-order valence-corrected chi connectivity index (χ3v) is 6.73. The maximum Gasteiger partial charge on any atom is 0.129 e. The maximum atomic E-state index is 11.3. The fourth-order valence-corrected chi connectivity index (χ4v) is 4.75. The van der Waals surface area contributed by atoms with Gasteiger partial charge in [-0.15, -0.1) is 0 Å². The topological polar surface area (TPSA) is 54.4 Å².